The number of ether oxygens (including phenoxy) is 1. The number of hydrogen-bond donors (Lipinski definition) is 0. The van der Waals surface area contributed by atoms with E-state index in [1.165, 1.54) is 0 Å². The summed E-state index contributed by atoms with van der Waals surface area (Å²) < 4.78 is 5.66. The normalized spacial score (nSPS) is 10.6. The van der Waals surface area contributed by atoms with Gasteiger partial charge in [0.05, 0.1) is 11.6 Å². The number of fused-ring (bicyclic) bond motifs is 1. The monoisotopic (exact) mass is 339 g/mol. The molecular formula is C20H18ClNO2. The topological polar surface area (TPSA) is 29.5 Å². The largest absolute Gasteiger partial charge is 0.490 e. The van der Waals surface area contributed by atoms with Crippen LogP contribution in [0.2, 0.25) is 5.02 Å². The molecule has 0 spiro atoms. The van der Waals surface area contributed by atoms with Crippen molar-refractivity contribution in [2.75, 3.05) is 20.2 Å². The van der Waals surface area contributed by atoms with Crippen molar-refractivity contribution in [2.24, 2.45) is 0 Å². The van der Waals surface area contributed by atoms with Gasteiger partial charge in [-0.25, -0.2) is 0 Å². The Hall–Kier alpha value is -2.52. The fourth-order valence-corrected chi connectivity index (χ4v) is 2.76. The number of hydrogen-bond acceptors (Lipinski definition) is 2. The summed E-state index contributed by atoms with van der Waals surface area (Å²) in [6.45, 7) is 0.865. The lowest BCUT2D eigenvalue weighted by Crippen LogP contribution is -2.31. The minimum atomic E-state index is -0.0189. The molecular weight excluding hydrogens is 322 g/mol. The van der Waals surface area contributed by atoms with E-state index in [1.807, 2.05) is 60.7 Å². The summed E-state index contributed by atoms with van der Waals surface area (Å²) in [5.74, 6) is 0.611. The molecule has 0 atom stereocenters. The average Bonchev–Trinajstić information content (AvgIpc) is 2.62. The minimum absolute atomic E-state index is 0.0189. The highest BCUT2D eigenvalue weighted by molar-refractivity contribution is 6.32. The van der Waals surface area contributed by atoms with E-state index in [0.29, 0.717) is 29.5 Å². The third kappa shape index (κ3) is 3.52. The van der Waals surface area contributed by atoms with E-state index >= 15 is 0 Å². The van der Waals surface area contributed by atoms with Crippen molar-refractivity contribution < 1.29 is 9.53 Å². The number of nitrogens with zero attached hydrogens (tertiary/aromatic N) is 1. The summed E-state index contributed by atoms with van der Waals surface area (Å²) in [7, 11) is 1.78. The number of para-hydroxylation sites is 1. The Labute approximate surface area is 146 Å². The van der Waals surface area contributed by atoms with Crippen molar-refractivity contribution in [1.82, 2.24) is 4.90 Å². The molecule has 4 heteroatoms. The minimum Gasteiger partial charge on any atom is -0.490 e. The number of carbonyl (C=O) groups excluding carboxylic acids is 1. The molecule has 0 aromatic heterocycles. The third-order valence-electron chi connectivity index (χ3n) is 3.89. The molecule has 0 unspecified atom stereocenters. The molecule has 0 aliphatic rings. The molecule has 0 fully saturated rings. The van der Waals surface area contributed by atoms with Gasteiger partial charge in [-0.2, -0.15) is 0 Å². The van der Waals surface area contributed by atoms with E-state index in [0.717, 1.165) is 10.8 Å². The molecule has 3 aromatic rings. The quantitative estimate of drug-likeness (QED) is 0.677. The van der Waals surface area contributed by atoms with Crippen LogP contribution >= 0.6 is 11.6 Å². The van der Waals surface area contributed by atoms with Gasteiger partial charge in [0.15, 0.2) is 0 Å². The van der Waals surface area contributed by atoms with Gasteiger partial charge < -0.3 is 9.64 Å². The fourth-order valence-electron chi connectivity index (χ4n) is 2.57. The zero-order chi connectivity index (χ0) is 16.9. The second kappa shape index (κ2) is 7.37. The van der Waals surface area contributed by atoms with Crippen LogP contribution in [0.3, 0.4) is 0 Å². The highest BCUT2D eigenvalue weighted by Crippen LogP contribution is 2.23. The lowest BCUT2D eigenvalue weighted by Gasteiger charge is -2.19. The highest BCUT2D eigenvalue weighted by atomic mass is 35.5. The van der Waals surface area contributed by atoms with Gasteiger partial charge in [0.1, 0.15) is 12.4 Å². The predicted molar refractivity (Wildman–Crippen MR) is 97.9 cm³/mol. The van der Waals surface area contributed by atoms with E-state index in [4.69, 9.17) is 16.3 Å². The maximum absolute atomic E-state index is 12.7. The predicted octanol–water partition coefficient (Wildman–Crippen LogP) is 4.64. The smallest absolute Gasteiger partial charge is 0.254 e. The zero-order valence-electron chi connectivity index (χ0n) is 13.4. The van der Waals surface area contributed by atoms with Crippen LogP contribution in [0.1, 0.15) is 10.4 Å². The van der Waals surface area contributed by atoms with Crippen molar-refractivity contribution in [3.05, 3.63) is 77.3 Å². The molecule has 122 valence electrons. The summed E-state index contributed by atoms with van der Waals surface area (Å²) in [4.78, 5) is 14.4. The van der Waals surface area contributed by atoms with Gasteiger partial charge in [0.2, 0.25) is 0 Å². The summed E-state index contributed by atoms with van der Waals surface area (Å²) >= 11 is 6.06. The Morgan fingerprint density at radius 2 is 1.71 bits per heavy atom. The SMILES string of the molecule is CN(CCOc1ccccc1Cl)C(=O)c1cccc2ccccc12. The molecule has 24 heavy (non-hydrogen) atoms. The van der Waals surface area contributed by atoms with Crippen molar-refractivity contribution in [1.29, 1.82) is 0 Å². The van der Waals surface area contributed by atoms with Crippen LogP contribution in [0.4, 0.5) is 0 Å². The first-order chi connectivity index (χ1) is 11.7. The standard InChI is InChI=1S/C20H18ClNO2/c1-22(13-14-24-19-12-5-4-11-18(19)21)20(23)17-10-6-8-15-7-2-3-9-16(15)17/h2-12H,13-14H2,1H3. The molecule has 0 radical (unpaired) electrons. The first-order valence-corrected chi connectivity index (χ1v) is 8.15. The summed E-state index contributed by atoms with van der Waals surface area (Å²) in [6, 6.07) is 21.0. The molecule has 0 saturated heterocycles. The molecule has 0 N–H and O–H groups in total. The average molecular weight is 340 g/mol. The second-order valence-electron chi connectivity index (χ2n) is 5.53. The summed E-state index contributed by atoms with van der Waals surface area (Å²) in [5.41, 5.74) is 0.702. The lowest BCUT2D eigenvalue weighted by molar-refractivity contribution is 0.0776. The Morgan fingerprint density at radius 3 is 2.54 bits per heavy atom. The van der Waals surface area contributed by atoms with Gasteiger partial charge in [-0.3, -0.25) is 4.79 Å². The Kier molecular flexibility index (Phi) is 5.02. The van der Waals surface area contributed by atoms with E-state index in [-0.39, 0.29) is 5.91 Å². The van der Waals surface area contributed by atoms with E-state index in [9.17, 15) is 4.79 Å². The summed E-state index contributed by atoms with van der Waals surface area (Å²) in [5, 5.41) is 2.59. The van der Waals surface area contributed by atoms with Crippen LogP contribution in [0.25, 0.3) is 10.8 Å². The van der Waals surface area contributed by atoms with E-state index in [2.05, 4.69) is 0 Å². The third-order valence-corrected chi connectivity index (χ3v) is 4.20. The Morgan fingerprint density at radius 1 is 1.00 bits per heavy atom. The van der Waals surface area contributed by atoms with Crippen molar-refractivity contribution in [3.8, 4) is 5.75 Å². The maximum Gasteiger partial charge on any atom is 0.254 e. The van der Waals surface area contributed by atoms with Gasteiger partial charge in [-0.1, -0.05) is 60.1 Å². The summed E-state index contributed by atoms with van der Waals surface area (Å²) in [6.07, 6.45) is 0. The molecule has 0 saturated carbocycles. The number of rotatable bonds is 5. The van der Waals surface area contributed by atoms with Gasteiger partial charge in [0.25, 0.3) is 5.91 Å². The molecule has 3 rings (SSSR count). The molecule has 0 heterocycles. The molecule has 1 amide bonds. The number of benzene rings is 3. The fraction of sp³-hybridized carbons (Fsp3) is 0.150. The Balaban J connectivity index is 1.67. The van der Waals surface area contributed by atoms with Gasteiger partial charge >= 0.3 is 0 Å². The van der Waals surface area contributed by atoms with Crippen LogP contribution < -0.4 is 4.74 Å². The molecule has 3 nitrogen and oxygen atoms in total. The second-order valence-corrected chi connectivity index (χ2v) is 5.94. The zero-order valence-corrected chi connectivity index (χ0v) is 14.2. The Bertz CT molecular complexity index is 858. The molecule has 3 aromatic carbocycles. The molecule has 0 bridgehead atoms. The molecule has 0 aliphatic carbocycles. The van der Waals surface area contributed by atoms with Gasteiger partial charge in [0, 0.05) is 12.6 Å². The van der Waals surface area contributed by atoms with Crippen molar-refractivity contribution >= 4 is 28.3 Å². The lowest BCUT2D eigenvalue weighted by atomic mass is 10.0. The number of halogens is 1. The van der Waals surface area contributed by atoms with Crippen LogP contribution in [-0.4, -0.2) is 31.0 Å². The van der Waals surface area contributed by atoms with Crippen molar-refractivity contribution in [3.63, 3.8) is 0 Å². The highest BCUT2D eigenvalue weighted by Gasteiger charge is 2.14. The van der Waals surface area contributed by atoms with E-state index < -0.39 is 0 Å². The molecule has 0 aliphatic heterocycles. The van der Waals surface area contributed by atoms with Crippen LogP contribution in [0.5, 0.6) is 5.75 Å². The van der Waals surface area contributed by atoms with Crippen LogP contribution in [0, 0.1) is 0 Å². The number of amides is 1. The first-order valence-electron chi connectivity index (χ1n) is 7.77. The maximum atomic E-state index is 12.7. The van der Waals surface area contributed by atoms with Crippen LogP contribution in [0.15, 0.2) is 66.7 Å². The van der Waals surface area contributed by atoms with E-state index in [1.54, 1.807) is 18.0 Å². The van der Waals surface area contributed by atoms with Crippen molar-refractivity contribution in [2.45, 2.75) is 0 Å². The van der Waals surface area contributed by atoms with Gasteiger partial charge in [-0.05, 0) is 29.0 Å². The number of carbonyl (C=O) groups is 1. The van der Waals surface area contributed by atoms with Crippen LogP contribution in [-0.2, 0) is 0 Å². The number of likely N-dealkylation sites (N-methyl/N-ethyl adjacent to an activating group) is 1. The van der Waals surface area contributed by atoms with Gasteiger partial charge in [-0.15, -0.1) is 0 Å². The first kappa shape index (κ1) is 16.3.